The highest BCUT2D eigenvalue weighted by Crippen LogP contribution is 2.17. The molecular weight excluding hydrogens is 234 g/mol. The van der Waals surface area contributed by atoms with E-state index in [4.69, 9.17) is 0 Å². The van der Waals surface area contributed by atoms with Crippen LogP contribution in [0.25, 0.3) is 17.2 Å². The summed E-state index contributed by atoms with van der Waals surface area (Å²) in [5.74, 6) is 0.735. The van der Waals surface area contributed by atoms with E-state index in [1.165, 1.54) is 11.8 Å². The van der Waals surface area contributed by atoms with E-state index in [-0.39, 0.29) is 0 Å². The Labute approximate surface area is 102 Å². The number of fused-ring (bicyclic) bond motifs is 1. The Morgan fingerprint density at radius 1 is 1.18 bits per heavy atom. The number of pyridine rings is 1. The van der Waals surface area contributed by atoms with Gasteiger partial charge in [0.25, 0.3) is 0 Å². The lowest BCUT2D eigenvalue weighted by Gasteiger charge is -2.00. The van der Waals surface area contributed by atoms with Gasteiger partial charge in [-0.3, -0.25) is 4.40 Å². The van der Waals surface area contributed by atoms with Gasteiger partial charge < -0.3 is 0 Å². The van der Waals surface area contributed by atoms with Crippen molar-refractivity contribution in [2.24, 2.45) is 0 Å². The van der Waals surface area contributed by atoms with Crippen LogP contribution in [0.3, 0.4) is 0 Å². The first kappa shape index (κ1) is 10.2. The smallest absolute Gasteiger partial charge is 0.187 e. The van der Waals surface area contributed by atoms with Crippen molar-refractivity contribution >= 4 is 17.4 Å². The zero-order valence-corrected chi connectivity index (χ0v) is 9.92. The van der Waals surface area contributed by atoms with Gasteiger partial charge in [-0.05, 0) is 24.5 Å². The monoisotopic (exact) mass is 243 g/mol. The SMILES string of the molecule is CSc1nccc(-c2nnc3ccccn23)n1. The molecule has 0 unspecified atom stereocenters. The zero-order chi connectivity index (χ0) is 11.7. The van der Waals surface area contributed by atoms with Gasteiger partial charge >= 0.3 is 0 Å². The summed E-state index contributed by atoms with van der Waals surface area (Å²) in [5.41, 5.74) is 1.59. The average molecular weight is 243 g/mol. The standard InChI is InChI=1S/C11H9N5S/c1-17-11-12-6-5-8(13-11)10-15-14-9-4-2-3-7-16(9)10/h2-7H,1H3. The molecule has 3 heterocycles. The van der Waals surface area contributed by atoms with E-state index in [9.17, 15) is 0 Å². The molecule has 6 heteroatoms. The first-order valence-electron chi connectivity index (χ1n) is 5.05. The fraction of sp³-hybridized carbons (Fsp3) is 0.0909. The quantitative estimate of drug-likeness (QED) is 0.508. The second kappa shape index (κ2) is 4.14. The van der Waals surface area contributed by atoms with Crippen molar-refractivity contribution in [1.82, 2.24) is 24.6 Å². The van der Waals surface area contributed by atoms with E-state index < -0.39 is 0 Å². The minimum Gasteiger partial charge on any atom is -0.281 e. The summed E-state index contributed by atoms with van der Waals surface area (Å²) < 4.78 is 1.91. The lowest BCUT2D eigenvalue weighted by molar-refractivity contribution is 0.956. The van der Waals surface area contributed by atoms with Crippen molar-refractivity contribution in [3.8, 4) is 11.5 Å². The molecule has 0 atom stereocenters. The fourth-order valence-corrected chi connectivity index (χ4v) is 1.94. The molecule has 5 nitrogen and oxygen atoms in total. The Kier molecular flexibility index (Phi) is 2.49. The van der Waals surface area contributed by atoms with Gasteiger partial charge in [0.2, 0.25) is 0 Å². The number of aromatic nitrogens is 5. The van der Waals surface area contributed by atoms with E-state index in [0.717, 1.165) is 22.3 Å². The van der Waals surface area contributed by atoms with E-state index in [0.29, 0.717) is 0 Å². The molecular formula is C11H9N5S. The van der Waals surface area contributed by atoms with Crippen molar-refractivity contribution in [2.75, 3.05) is 6.26 Å². The molecule has 0 aliphatic rings. The third-order valence-corrected chi connectivity index (χ3v) is 2.92. The van der Waals surface area contributed by atoms with E-state index in [1.807, 2.05) is 41.1 Å². The Morgan fingerprint density at radius 3 is 3.00 bits per heavy atom. The molecule has 0 aliphatic heterocycles. The molecule has 0 fully saturated rings. The number of hydrogen-bond acceptors (Lipinski definition) is 5. The van der Waals surface area contributed by atoms with Crippen LogP contribution >= 0.6 is 11.8 Å². The van der Waals surface area contributed by atoms with Crippen molar-refractivity contribution in [1.29, 1.82) is 0 Å². The van der Waals surface area contributed by atoms with Crippen LogP contribution in [0.4, 0.5) is 0 Å². The minimum atomic E-state index is 0.732. The lowest BCUT2D eigenvalue weighted by atomic mass is 10.4. The molecule has 0 aromatic carbocycles. The number of hydrogen-bond donors (Lipinski definition) is 0. The van der Waals surface area contributed by atoms with Crippen molar-refractivity contribution in [2.45, 2.75) is 5.16 Å². The van der Waals surface area contributed by atoms with E-state index in [1.54, 1.807) is 6.20 Å². The Morgan fingerprint density at radius 2 is 2.12 bits per heavy atom. The van der Waals surface area contributed by atoms with E-state index >= 15 is 0 Å². The highest BCUT2D eigenvalue weighted by molar-refractivity contribution is 7.98. The summed E-state index contributed by atoms with van der Waals surface area (Å²) in [6.07, 6.45) is 5.60. The molecule has 3 rings (SSSR count). The third kappa shape index (κ3) is 1.76. The summed E-state index contributed by atoms with van der Waals surface area (Å²) >= 11 is 1.51. The molecule has 3 aromatic rings. The summed E-state index contributed by atoms with van der Waals surface area (Å²) in [6, 6.07) is 7.62. The first-order chi connectivity index (χ1) is 8.38. The number of nitrogens with zero attached hydrogens (tertiary/aromatic N) is 5. The molecule has 0 saturated heterocycles. The maximum atomic E-state index is 4.41. The highest BCUT2D eigenvalue weighted by Gasteiger charge is 2.09. The average Bonchev–Trinajstić information content (AvgIpc) is 2.82. The van der Waals surface area contributed by atoms with Gasteiger partial charge in [0.15, 0.2) is 16.6 Å². The Hall–Kier alpha value is -1.95. The Bertz CT molecular complexity index is 664. The topological polar surface area (TPSA) is 56.0 Å². The maximum absolute atomic E-state index is 4.41. The van der Waals surface area contributed by atoms with Gasteiger partial charge in [-0.25, -0.2) is 9.97 Å². The molecule has 0 N–H and O–H groups in total. The number of rotatable bonds is 2. The van der Waals surface area contributed by atoms with Crippen molar-refractivity contribution in [3.05, 3.63) is 36.7 Å². The van der Waals surface area contributed by atoms with Gasteiger partial charge in [0.1, 0.15) is 5.69 Å². The minimum absolute atomic E-state index is 0.732. The highest BCUT2D eigenvalue weighted by atomic mass is 32.2. The lowest BCUT2D eigenvalue weighted by Crippen LogP contribution is -1.93. The van der Waals surface area contributed by atoms with Gasteiger partial charge in [0.05, 0.1) is 0 Å². The van der Waals surface area contributed by atoms with Crippen LogP contribution in [0.15, 0.2) is 41.8 Å². The molecule has 0 amide bonds. The molecule has 0 spiro atoms. The fourth-order valence-electron chi connectivity index (χ4n) is 1.58. The van der Waals surface area contributed by atoms with Crippen LogP contribution in [0.2, 0.25) is 0 Å². The summed E-state index contributed by atoms with van der Waals surface area (Å²) in [5, 5.41) is 8.98. The second-order valence-corrected chi connectivity index (χ2v) is 4.15. The third-order valence-electron chi connectivity index (χ3n) is 2.36. The molecule has 84 valence electrons. The van der Waals surface area contributed by atoms with Crippen LogP contribution < -0.4 is 0 Å². The molecule has 0 aliphatic carbocycles. The van der Waals surface area contributed by atoms with Crippen LogP contribution in [0.5, 0.6) is 0 Å². The molecule has 17 heavy (non-hydrogen) atoms. The largest absolute Gasteiger partial charge is 0.281 e. The first-order valence-corrected chi connectivity index (χ1v) is 6.28. The van der Waals surface area contributed by atoms with Crippen LogP contribution in [0, 0.1) is 0 Å². The second-order valence-electron chi connectivity index (χ2n) is 3.38. The predicted molar refractivity (Wildman–Crippen MR) is 65.8 cm³/mol. The van der Waals surface area contributed by atoms with Gasteiger partial charge in [-0.1, -0.05) is 17.8 Å². The van der Waals surface area contributed by atoms with Crippen molar-refractivity contribution < 1.29 is 0 Å². The van der Waals surface area contributed by atoms with Crippen LogP contribution in [-0.4, -0.2) is 30.8 Å². The molecule has 0 radical (unpaired) electrons. The van der Waals surface area contributed by atoms with Gasteiger partial charge in [-0.2, -0.15) is 0 Å². The normalized spacial score (nSPS) is 10.9. The maximum Gasteiger partial charge on any atom is 0.187 e. The Balaban J connectivity index is 2.20. The number of thioether (sulfide) groups is 1. The molecule has 3 aromatic heterocycles. The van der Waals surface area contributed by atoms with Crippen LogP contribution in [0.1, 0.15) is 0 Å². The van der Waals surface area contributed by atoms with Crippen molar-refractivity contribution in [3.63, 3.8) is 0 Å². The summed E-state index contributed by atoms with van der Waals surface area (Å²) in [7, 11) is 0. The van der Waals surface area contributed by atoms with Gasteiger partial charge in [0, 0.05) is 12.4 Å². The van der Waals surface area contributed by atoms with Gasteiger partial charge in [-0.15, -0.1) is 10.2 Å². The van der Waals surface area contributed by atoms with E-state index in [2.05, 4.69) is 20.2 Å². The molecule has 0 bridgehead atoms. The van der Waals surface area contributed by atoms with Crippen LogP contribution in [-0.2, 0) is 0 Å². The zero-order valence-electron chi connectivity index (χ0n) is 9.11. The predicted octanol–water partition coefficient (Wildman–Crippen LogP) is 1.91. The summed E-state index contributed by atoms with van der Waals surface area (Å²) in [4.78, 5) is 8.55. The summed E-state index contributed by atoms with van der Waals surface area (Å²) in [6.45, 7) is 0. The molecule has 0 saturated carbocycles.